The van der Waals surface area contributed by atoms with Crippen LogP contribution >= 0.6 is 7.60 Å². The van der Waals surface area contributed by atoms with Crippen LogP contribution in [-0.2, 0) is 18.7 Å². The van der Waals surface area contributed by atoms with Gasteiger partial charge in [0.1, 0.15) is 11.7 Å². The van der Waals surface area contributed by atoms with Crippen molar-refractivity contribution in [2.75, 3.05) is 46.1 Å². The summed E-state index contributed by atoms with van der Waals surface area (Å²) in [6, 6.07) is 8.76. The first-order chi connectivity index (χ1) is 18.6. The first-order valence-electron chi connectivity index (χ1n) is 12.3. The topological polar surface area (TPSA) is 181 Å². The molecule has 0 saturated carbocycles. The highest BCUT2D eigenvalue weighted by Gasteiger charge is 2.36. The van der Waals surface area contributed by atoms with E-state index in [1.807, 2.05) is 13.0 Å². The number of ether oxygens (including phenoxy) is 1. The van der Waals surface area contributed by atoms with Gasteiger partial charge in [0.2, 0.25) is 11.8 Å². The molecule has 39 heavy (non-hydrogen) atoms. The fourth-order valence-corrected chi connectivity index (χ4v) is 4.97. The van der Waals surface area contributed by atoms with Crippen LogP contribution in [0.15, 0.2) is 36.4 Å². The smallest absolute Gasteiger partial charge is 0.481 e. The molecule has 0 bridgehead atoms. The van der Waals surface area contributed by atoms with Crippen LogP contribution in [0.5, 0.6) is 5.88 Å². The average molecular weight is 566 g/mol. The fraction of sp³-hybridized carbons (Fsp3) is 0.458. The number of rotatable bonds is 12. The maximum Gasteiger partial charge on any atom is 0.525 e. The van der Waals surface area contributed by atoms with Crippen LogP contribution in [0.2, 0.25) is 0 Å². The Hall–Kier alpha value is -3.58. The van der Waals surface area contributed by atoms with E-state index in [4.69, 9.17) is 14.4 Å². The average Bonchev–Trinajstić information content (AvgIpc) is 2.92. The maximum absolute atomic E-state index is 13.4. The van der Waals surface area contributed by atoms with Crippen molar-refractivity contribution in [3.05, 3.63) is 42.1 Å². The van der Waals surface area contributed by atoms with E-state index in [9.17, 15) is 23.8 Å². The number of carboxylic acid groups (broad SMARTS) is 1. The van der Waals surface area contributed by atoms with Crippen LogP contribution < -0.4 is 10.1 Å². The normalized spacial score (nSPS) is 16.1. The van der Waals surface area contributed by atoms with Crippen molar-refractivity contribution in [3.8, 4) is 17.3 Å². The van der Waals surface area contributed by atoms with E-state index in [1.54, 1.807) is 24.3 Å². The van der Waals surface area contributed by atoms with Gasteiger partial charge in [-0.2, -0.15) is 4.98 Å². The van der Waals surface area contributed by atoms with Gasteiger partial charge >= 0.3 is 13.8 Å². The van der Waals surface area contributed by atoms with Crippen molar-refractivity contribution in [1.82, 2.24) is 25.2 Å². The summed E-state index contributed by atoms with van der Waals surface area (Å²) in [6.45, 7) is 2.24. The number of hydrogen-bond acceptors (Lipinski definition) is 10. The molecule has 15 heteroatoms. The van der Waals surface area contributed by atoms with Gasteiger partial charge in [0, 0.05) is 24.7 Å². The molecule has 1 fully saturated rings. The monoisotopic (exact) mass is 565 g/mol. The summed E-state index contributed by atoms with van der Waals surface area (Å²) in [4.78, 5) is 62.4. The summed E-state index contributed by atoms with van der Waals surface area (Å²) < 4.78 is 23.2. The molecular weight excluding hydrogens is 533 g/mol. The number of carbonyl (C=O) groups is 3. The van der Waals surface area contributed by atoms with Crippen LogP contribution in [0.3, 0.4) is 0 Å². The third-order valence-electron chi connectivity index (χ3n) is 5.74. The lowest BCUT2D eigenvalue weighted by Crippen LogP contribution is -2.56. The molecule has 2 aromatic rings. The molecule has 0 spiro atoms. The van der Waals surface area contributed by atoms with Crippen LogP contribution in [0.1, 0.15) is 30.3 Å². The van der Waals surface area contributed by atoms with E-state index in [2.05, 4.69) is 20.1 Å². The van der Waals surface area contributed by atoms with Crippen molar-refractivity contribution >= 4 is 25.6 Å². The molecule has 1 unspecified atom stereocenters. The molecule has 1 aromatic heterocycles. The van der Waals surface area contributed by atoms with E-state index < -0.39 is 37.8 Å². The lowest BCUT2D eigenvalue weighted by molar-refractivity contribution is -0.154. The summed E-state index contributed by atoms with van der Waals surface area (Å²) in [5.74, 6) is -1.08. The predicted molar refractivity (Wildman–Crippen MR) is 138 cm³/mol. The summed E-state index contributed by atoms with van der Waals surface area (Å²) in [5.41, 5.74) is 0.515. The molecule has 212 valence electrons. The van der Waals surface area contributed by atoms with Crippen molar-refractivity contribution in [1.29, 1.82) is 0 Å². The Morgan fingerprint density at radius 1 is 1.13 bits per heavy atom. The Bertz CT molecular complexity index is 1190. The molecular formula is C24H32N5O9P. The molecule has 2 amide bonds. The molecule has 3 N–H and O–H groups in total. The Kier molecular flexibility index (Phi) is 10.8. The fourth-order valence-electron chi connectivity index (χ4n) is 3.75. The summed E-state index contributed by atoms with van der Waals surface area (Å²) in [6.07, 6.45) is -0.855. The van der Waals surface area contributed by atoms with Gasteiger partial charge in [-0.25, -0.2) is 9.78 Å². The minimum absolute atomic E-state index is 0.0217. The van der Waals surface area contributed by atoms with Crippen LogP contribution in [0.4, 0.5) is 4.79 Å². The second kappa shape index (κ2) is 14.0. The lowest BCUT2D eigenvalue weighted by atomic mass is 10.2. The first kappa shape index (κ1) is 30.0. The minimum Gasteiger partial charge on any atom is -0.481 e. The standard InChI is InChI=1S/C24H32N5O9P/c1-3-4-14-37-39(34,35)16-19(23(31)28-10-12-29(13-11-28)38-24(32)33)26-22(30)18-15-20(36-2)27-21(25-18)17-8-6-5-7-9-17/h5-9,15,19H,3-4,10-14,16H2,1-2H3,(H,26,30)(H,32,33)(H,34,35)/t19-/m0/s1. The third-order valence-corrected chi connectivity index (χ3v) is 7.15. The van der Waals surface area contributed by atoms with Crippen molar-refractivity contribution < 1.29 is 43.0 Å². The Labute approximate surface area is 225 Å². The van der Waals surface area contributed by atoms with E-state index in [1.165, 1.54) is 23.1 Å². The number of hydrogen-bond donors (Lipinski definition) is 3. The second-order valence-corrected chi connectivity index (χ2v) is 10.5. The predicted octanol–water partition coefficient (Wildman–Crippen LogP) is 2.01. The van der Waals surface area contributed by atoms with E-state index >= 15 is 0 Å². The number of nitrogens with zero attached hydrogens (tertiary/aromatic N) is 4. The zero-order chi connectivity index (χ0) is 28.4. The SMILES string of the molecule is CCCCOP(=O)(O)C[C@H](NC(=O)c1cc(OC)nc(-c2ccccc2)n1)C(=O)N1CCN(OC(=O)O)CC1. The van der Waals surface area contributed by atoms with Crippen LogP contribution in [-0.4, -0.2) is 100 Å². The molecule has 1 aliphatic rings. The van der Waals surface area contributed by atoms with Gasteiger partial charge in [-0.15, -0.1) is 5.06 Å². The summed E-state index contributed by atoms with van der Waals surface area (Å²) in [5, 5.41) is 12.5. The van der Waals surface area contributed by atoms with Crippen LogP contribution in [0.25, 0.3) is 11.4 Å². The van der Waals surface area contributed by atoms with E-state index in [-0.39, 0.29) is 50.2 Å². The molecule has 0 aliphatic carbocycles. The Balaban J connectivity index is 1.82. The van der Waals surface area contributed by atoms with Crippen molar-refractivity contribution in [2.24, 2.45) is 0 Å². The summed E-state index contributed by atoms with van der Waals surface area (Å²) in [7, 11) is -2.88. The number of carbonyl (C=O) groups excluding carboxylic acids is 2. The van der Waals surface area contributed by atoms with Crippen molar-refractivity contribution in [3.63, 3.8) is 0 Å². The van der Waals surface area contributed by atoms with E-state index in [0.29, 0.717) is 12.0 Å². The molecule has 1 aromatic carbocycles. The highest BCUT2D eigenvalue weighted by Crippen LogP contribution is 2.43. The van der Waals surface area contributed by atoms with Gasteiger partial charge in [0.05, 0.1) is 33.0 Å². The van der Waals surface area contributed by atoms with Gasteiger partial charge in [0.15, 0.2) is 5.82 Å². The third kappa shape index (κ3) is 8.99. The highest BCUT2D eigenvalue weighted by atomic mass is 31.2. The number of methoxy groups -OCH3 is 1. The van der Waals surface area contributed by atoms with Crippen molar-refractivity contribution in [2.45, 2.75) is 25.8 Å². The molecule has 1 aliphatic heterocycles. The first-order valence-corrected chi connectivity index (χ1v) is 14.1. The van der Waals surface area contributed by atoms with Gasteiger partial charge in [0.25, 0.3) is 5.91 Å². The number of aromatic nitrogens is 2. The lowest BCUT2D eigenvalue weighted by Gasteiger charge is -2.35. The van der Waals surface area contributed by atoms with Gasteiger partial charge in [-0.3, -0.25) is 14.2 Å². The Morgan fingerprint density at radius 2 is 1.82 bits per heavy atom. The maximum atomic E-state index is 13.4. The number of amides is 2. The number of hydroxylamine groups is 2. The number of nitrogens with one attached hydrogen (secondary N) is 1. The zero-order valence-electron chi connectivity index (χ0n) is 21.7. The molecule has 2 atom stereocenters. The molecule has 14 nitrogen and oxygen atoms in total. The van der Waals surface area contributed by atoms with Gasteiger partial charge < -0.3 is 34.3 Å². The largest absolute Gasteiger partial charge is 0.525 e. The Morgan fingerprint density at radius 3 is 2.44 bits per heavy atom. The summed E-state index contributed by atoms with van der Waals surface area (Å²) >= 11 is 0. The zero-order valence-corrected chi connectivity index (χ0v) is 22.6. The second-order valence-electron chi connectivity index (χ2n) is 8.63. The highest BCUT2D eigenvalue weighted by molar-refractivity contribution is 7.52. The molecule has 1 saturated heterocycles. The molecule has 2 heterocycles. The number of benzene rings is 1. The quantitative estimate of drug-likeness (QED) is 0.252. The molecule has 0 radical (unpaired) electrons. The van der Waals surface area contributed by atoms with Gasteiger partial charge in [-0.1, -0.05) is 43.7 Å². The number of unbranched alkanes of at least 4 members (excludes halogenated alkanes) is 1. The van der Waals surface area contributed by atoms with Gasteiger partial charge in [-0.05, 0) is 6.42 Å². The minimum atomic E-state index is -4.27. The van der Waals surface area contributed by atoms with E-state index in [0.717, 1.165) is 6.42 Å². The van der Waals surface area contributed by atoms with Crippen LogP contribution in [0, 0.1) is 0 Å². The number of piperazine rings is 1. The molecule has 3 rings (SSSR count).